The van der Waals surface area contributed by atoms with Crippen LogP contribution in [0.1, 0.15) is 18.7 Å². The lowest BCUT2D eigenvalue weighted by atomic mass is 9.96. The van der Waals surface area contributed by atoms with Crippen LogP contribution >= 0.6 is 15.9 Å². The van der Waals surface area contributed by atoms with E-state index in [1.54, 1.807) is 6.07 Å². The van der Waals surface area contributed by atoms with Gasteiger partial charge in [-0.05, 0) is 61.9 Å². The molecule has 6 rings (SSSR count). The summed E-state index contributed by atoms with van der Waals surface area (Å²) in [4.78, 5) is 24.9. The van der Waals surface area contributed by atoms with Gasteiger partial charge in [-0.15, -0.1) is 0 Å². The van der Waals surface area contributed by atoms with Gasteiger partial charge in [0.05, 0.1) is 29.2 Å². The number of rotatable bonds is 5. The maximum absolute atomic E-state index is 14.2. The molecule has 0 bridgehead atoms. The van der Waals surface area contributed by atoms with Crippen molar-refractivity contribution < 1.29 is 9.18 Å². The lowest BCUT2D eigenvalue weighted by Gasteiger charge is -2.39. The van der Waals surface area contributed by atoms with Gasteiger partial charge < -0.3 is 9.80 Å². The monoisotopic (exact) mass is 575 g/mol. The number of halogens is 2. The maximum atomic E-state index is 14.2. The molecule has 4 aromatic rings. The number of amides is 1. The fourth-order valence-corrected chi connectivity index (χ4v) is 6.21. The third-order valence-corrected chi connectivity index (χ3v) is 8.19. The molecule has 2 aliphatic rings. The second-order valence-corrected chi connectivity index (χ2v) is 11.1. The van der Waals surface area contributed by atoms with Crippen molar-refractivity contribution in [2.24, 2.45) is 5.92 Å². The van der Waals surface area contributed by atoms with E-state index in [2.05, 4.69) is 49.7 Å². The summed E-state index contributed by atoms with van der Waals surface area (Å²) in [6, 6.07) is 23.4. The summed E-state index contributed by atoms with van der Waals surface area (Å²) in [5.41, 5.74) is 3.75. The molecule has 0 spiro atoms. The molecule has 3 heterocycles. The van der Waals surface area contributed by atoms with E-state index in [-0.39, 0.29) is 17.6 Å². The molecule has 2 aliphatic heterocycles. The zero-order valence-electron chi connectivity index (χ0n) is 21.3. The van der Waals surface area contributed by atoms with Crippen LogP contribution in [0.3, 0.4) is 0 Å². The smallest absolute Gasteiger partial charge is 0.227 e. The molecule has 1 aromatic heterocycles. The average molecular weight is 577 g/mol. The van der Waals surface area contributed by atoms with Crippen molar-refractivity contribution in [3.05, 3.63) is 88.9 Å². The topological polar surface area (TPSA) is 44.6 Å². The molecule has 0 saturated carbocycles. The van der Waals surface area contributed by atoms with Gasteiger partial charge in [-0.1, -0.05) is 46.3 Å². The van der Waals surface area contributed by atoms with Crippen LogP contribution in [0, 0.1) is 11.7 Å². The van der Waals surface area contributed by atoms with Gasteiger partial charge in [-0.3, -0.25) is 14.3 Å². The van der Waals surface area contributed by atoms with Crippen LogP contribution in [-0.2, 0) is 11.3 Å². The summed E-state index contributed by atoms with van der Waals surface area (Å²) >= 11 is 3.61. The van der Waals surface area contributed by atoms with Gasteiger partial charge in [0.15, 0.2) is 0 Å². The number of carbonyl (C=O) groups excluding carboxylic acids is 1. The van der Waals surface area contributed by atoms with Crippen LogP contribution in [0.4, 0.5) is 10.1 Å². The number of hydrogen-bond donors (Lipinski definition) is 0. The number of likely N-dealkylation sites (tertiary alicyclic amines) is 1. The standard InChI is InChI=1S/C30H31BrFN5O/c31-23-8-5-9-24(19-23)37-28-13-4-2-11-26(28)33-29(37)21-34-14-6-7-22(20-34)30(38)36-17-15-35(16-18-36)27-12-3-1-10-25(27)32/h1-5,8-13,19,22H,6-7,14-18,20-21H2/t22-/m1/s1. The number of para-hydroxylation sites is 3. The first kappa shape index (κ1) is 25.1. The van der Waals surface area contributed by atoms with E-state index in [0.29, 0.717) is 38.4 Å². The van der Waals surface area contributed by atoms with Crippen molar-refractivity contribution in [2.75, 3.05) is 44.2 Å². The fraction of sp³-hybridized carbons (Fsp3) is 0.333. The number of nitrogens with zero attached hydrogens (tertiary/aromatic N) is 5. The second kappa shape index (κ2) is 10.9. The van der Waals surface area contributed by atoms with Crippen molar-refractivity contribution in [3.63, 3.8) is 0 Å². The van der Waals surface area contributed by atoms with Gasteiger partial charge in [0.2, 0.25) is 5.91 Å². The summed E-state index contributed by atoms with van der Waals surface area (Å²) in [5, 5.41) is 0. The minimum Gasteiger partial charge on any atom is -0.366 e. The number of anilines is 1. The molecule has 0 radical (unpaired) electrons. The zero-order chi connectivity index (χ0) is 26.1. The first-order valence-corrected chi connectivity index (χ1v) is 14.1. The molecular formula is C30H31BrFN5O. The van der Waals surface area contributed by atoms with E-state index in [0.717, 1.165) is 52.9 Å². The number of fused-ring (bicyclic) bond motifs is 1. The van der Waals surface area contributed by atoms with Gasteiger partial charge in [0, 0.05) is 42.9 Å². The molecular weight excluding hydrogens is 545 g/mol. The Labute approximate surface area is 230 Å². The van der Waals surface area contributed by atoms with E-state index in [4.69, 9.17) is 4.98 Å². The Morgan fingerprint density at radius 3 is 2.55 bits per heavy atom. The molecule has 0 aliphatic carbocycles. The second-order valence-electron chi connectivity index (χ2n) is 10.2. The van der Waals surface area contributed by atoms with E-state index < -0.39 is 0 Å². The summed E-state index contributed by atoms with van der Waals surface area (Å²) in [6.07, 6.45) is 1.90. The molecule has 196 valence electrons. The van der Waals surface area contributed by atoms with Crippen LogP contribution < -0.4 is 4.90 Å². The third-order valence-electron chi connectivity index (χ3n) is 7.70. The Hall–Kier alpha value is -3.23. The van der Waals surface area contributed by atoms with Crippen molar-refractivity contribution in [3.8, 4) is 5.69 Å². The van der Waals surface area contributed by atoms with Crippen LogP contribution in [0.2, 0.25) is 0 Å². The van der Waals surface area contributed by atoms with Gasteiger partial charge in [-0.2, -0.15) is 0 Å². The molecule has 38 heavy (non-hydrogen) atoms. The van der Waals surface area contributed by atoms with Gasteiger partial charge >= 0.3 is 0 Å². The minimum absolute atomic E-state index is 0.0209. The lowest BCUT2D eigenvalue weighted by Crippen LogP contribution is -2.52. The number of imidazole rings is 1. The molecule has 0 N–H and O–H groups in total. The first-order valence-electron chi connectivity index (χ1n) is 13.3. The van der Waals surface area contributed by atoms with Crippen molar-refractivity contribution >= 4 is 38.6 Å². The Kier molecular flexibility index (Phi) is 7.17. The number of aromatic nitrogens is 2. The molecule has 2 fully saturated rings. The van der Waals surface area contributed by atoms with Crippen LogP contribution in [0.5, 0.6) is 0 Å². The molecule has 1 atom stereocenters. The van der Waals surface area contributed by atoms with Gasteiger partial charge in [-0.25, -0.2) is 9.37 Å². The average Bonchev–Trinajstić information content (AvgIpc) is 3.31. The number of benzene rings is 3. The number of piperazine rings is 1. The highest BCUT2D eigenvalue weighted by Gasteiger charge is 2.32. The summed E-state index contributed by atoms with van der Waals surface area (Å²) in [7, 11) is 0. The number of hydrogen-bond acceptors (Lipinski definition) is 4. The van der Waals surface area contributed by atoms with Gasteiger partial charge in [0.1, 0.15) is 11.6 Å². The summed E-state index contributed by atoms with van der Waals surface area (Å²) < 4.78 is 17.5. The van der Waals surface area contributed by atoms with E-state index >= 15 is 0 Å². The van der Waals surface area contributed by atoms with E-state index in [1.807, 2.05) is 46.2 Å². The Morgan fingerprint density at radius 1 is 0.947 bits per heavy atom. The van der Waals surface area contributed by atoms with E-state index in [1.165, 1.54) is 6.07 Å². The quantitative estimate of drug-likeness (QED) is 0.316. The Balaban J connectivity index is 1.15. The highest BCUT2D eigenvalue weighted by Crippen LogP contribution is 2.27. The molecule has 6 nitrogen and oxygen atoms in total. The first-order chi connectivity index (χ1) is 18.6. The number of piperidine rings is 1. The molecule has 2 saturated heterocycles. The summed E-state index contributed by atoms with van der Waals surface area (Å²) in [5.74, 6) is 0.982. The predicted molar refractivity (Wildman–Crippen MR) is 152 cm³/mol. The van der Waals surface area contributed by atoms with E-state index in [9.17, 15) is 9.18 Å². The van der Waals surface area contributed by atoms with Crippen LogP contribution in [0.15, 0.2) is 77.3 Å². The SMILES string of the molecule is O=C([C@@H]1CCCN(Cc2nc3ccccc3n2-c2cccc(Br)c2)C1)N1CCN(c2ccccc2F)CC1. The summed E-state index contributed by atoms with van der Waals surface area (Å²) in [6.45, 7) is 4.93. The fourth-order valence-electron chi connectivity index (χ4n) is 5.82. The minimum atomic E-state index is -0.205. The molecule has 0 unspecified atom stereocenters. The van der Waals surface area contributed by atoms with Crippen molar-refractivity contribution in [1.29, 1.82) is 0 Å². The molecule has 8 heteroatoms. The molecule has 1 amide bonds. The normalized spacial score (nSPS) is 18.7. The van der Waals surface area contributed by atoms with Crippen molar-refractivity contribution in [2.45, 2.75) is 19.4 Å². The highest BCUT2D eigenvalue weighted by atomic mass is 79.9. The zero-order valence-corrected chi connectivity index (χ0v) is 22.9. The Morgan fingerprint density at radius 2 is 1.74 bits per heavy atom. The lowest BCUT2D eigenvalue weighted by molar-refractivity contribution is -0.137. The number of carbonyl (C=O) groups is 1. The predicted octanol–water partition coefficient (Wildman–Crippen LogP) is 5.49. The van der Waals surface area contributed by atoms with Crippen LogP contribution in [0.25, 0.3) is 16.7 Å². The molecule has 3 aromatic carbocycles. The maximum Gasteiger partial charge on any atom is 0.227 e. The third kappa shape index (κ3) is 5.07. The Bertz CT molecular complexity index is 1450. The van der Waals surface area contributed by atoms with Crippen LogP contribution in [-0.4, -0.2) is 64.5 Å². The van der Waals surface area contributed by atoms with Gasteiger partial charge in [0.25, 0.3) is 0 Å². The largest absolute Gasteiger partial charge is 0.366 e. The highest BCUT2D eigenvalue weighted by molar-refractivity contribution is 9.10. The van der Waals surface area contributed by atoms with Crippen molar-refractivity contribution in [1.82, 2.24) is 19.4 Å².